The van der Waals surface area contributed by atoms with Crippen molar-refractivity contribution in [3.8, 4) is 5.75 Å². The van der Waals surface area contributed by atoms with Gasteiger partial charge in [0, 0.05) is 6.07 Å². The van der Waals surface area contributed by atoms with Crippen LogP contribution < -0.4 is 10.1 Å². The summed E-state index contributed by atoms with van der Waals surface area (Å²) in [5.74, 6) is -2.12. The van der Waals surface area contributed by atoms with Gasteiger partial charge < -0.3 is 15.2 Å². The Kier molecular flexibility index (Phi) is 5.01. The van der Waals surface area contributed by atoms with Crippen LogP contribution in [0.2, 0.25) is 0 Å². The van der Waals surface area contributed by atoms with E-state index in [2.05, 4.69) is 5.32 Å². The maximum absolute atomic E-state index is 12.0. The van der Waals surface area contributed by atoms with Gasteiger partial charge in [-0.05, 0) is 19.9 Å². The number of nitro benzene ring substituents is 1. The summed E-state index contributed by atoms with van der Waals surface area (Å²) in [5, 5.41) is 21.9. The Labute approximate surface area is 114 Å². The number of carbonyl (C=O) groups excluding carboxylic acids is 1. The van der Waals surface area contributed by atoms with Crippen LogP contribution in [0.4, 0.5) is 5.69 Å². The number of ether oxygens (including phenoxy) is 1. The Morgan fingerprint density at radius 3 is 2.65 bits per heavy atom. The molecule has 8 heteroatoms. The Balaban J connectivity index is 3.16. The molecule has 1 rings (SSSR count). The predicted octanol–water partition coefficient (Wildman–Crippen LogP) is 1.20. The SMILES string of the molecule is CCOc1c(C(=O)N[C@H](C)C(=O)O)cccc1[N+](=O)[O-]. The molecule has 8 nitrogen and oxygen atoms in total. The molecule has 0 saturated carbocycles. The Bertz CT molecular complexity index is 543. The summed E-state index contributed by atoms with van der Waals surface area (Å²) < 4.78 is 5.14. The molecule has 1 aromatic rings. The zero-order chi connectivity index (χ0) is 15.3. The summed E-state index contributed by atoms with van der Waals surface area (Å²) in [7, 11) is 0. The number of hydrogen-bond donors (Lipinski definition) is 2. The molecule has 0 saturated heterocycles. The number of carbonyl (C=O) groups is 2. The quantitative estimate of drug-likeness (QED) is 0.597. The van der Waals surface area contributed by atoms with Gasteiger partial charge >= 0.3 is 11.7 Å². The first-order valence-electron chi connectivity index (χ1n) is 5.82. The monoisotopic (exact) mass is 282 g/mol. The maximum atomic E-state index is 12.0. The molecule has 1 amide bonds. The molecule has 20 heavy (non-hydrogen) atoms. The number of hydrogen-bond acceptors (Lipinski definition) is 5. The van der Waals surface area contributed by atoms with Crippen LogP contribution in [0, 0.1) is 10.1 Å². The third kappa shape index (κ3) is 3.44. The van der Waals surface area contributed by atoms with E-state index in [1.54, 1.807) is 6.92 Å². The molecule has 0 aliphatic rings. The molecule has 1 aromatic carbocycles. The minimum absolute atomic E-state index is 0.0749. The summed E-state index contributed by atoms with van der Waals surface area (Å²) >= 11 is 0. The van der Waals surface area contributed by atoms with Crippen molar-refractivity contribution in [1.29, 1.82) is 0 Å². The summed E-state index contributed by atoms with van der Waals surface area (Å²) in [6, 6.07) is 2.77. The van der Waals surface area contributed by atoms with Crippen molar-refractivity contribution < 1.29 is 24.4 Å². The van der Waals surface area contributed by atoms with E-state index in [-0.39, 0.29) is 23.6 Å². The Morgan fingerprint density at radius 2 is 2.15 bits per heavy atom. The smallest absolute Gasteiger partial charge is 0.325 e. The minimum atomic E-state index is -1.21. The van der Waals surface area contributed by atoms with Crippen LogP contribution >= 0.6 is 0 Å². The highest BCUT2D eigenvalue weighted by molar-refractivity contribution is 6.00. The average Bonchev–Trinajstić information content (AvgIpc) is 2.38. The van der Waals surface area contributed by atoms with Gasteiger partial charge in [-0.2, -0.15) is 0 Å². The number of carboxylic acids is 1. The molecule has 0 heterocycles. The zero-order valence-corrected chi connectivity index (χ0v) is 11.0. The fourth-order valence-electron chi connectivity index (χ4n) is 1.48. The molecule has 0 bridgehead atoms. The second kappa shape index (κ2) is 6.50. The van der Waals surface area contributed by atoms with Gasteiger partial charge in [0.2, 0.25) is 5.75 Å². The van der Waals surface area contributed by atoms with Crippen LogP contribution in [0.15, 0.2) is 18.2 Å². The molecule has 0 aliphatic carbocycles. The lowest BCUT2D eigenvalue weighted by molar-refractivity contribution is -0.385. The third-order valence-corrected chi connectivity index (χ3v) is 2.44. The van der Waals surface area contributed by atoms with Gasteiger partial charge in [0.15, 0.2) is 0 Å². The van der Waals surface area contributed by atoms with E-state index < -0.39 is 22.8 Å². The number of nitrogens with zero attached hydrogens (tertiary/aromatic N) is 1. The first kappa shape index (κ1) is 15.4. The number of amides is 1. The van der Waals surface area contributed by atoms with Crippen LogP contribution in [-0.4, -0.2) is 34.6 Å². The van der Waals surface area contributed by atoms with E-state index >= 15 is 0 Å². The van der Waals surface area contributed by atoms with Gasteiger partial charge in [-0.25, -0.2) is 0 Å². The summed E-state index contributed by atoms with van der Waals surface area (Å²) in [5.41, 5.74) is -0.420. The van der Waals surface area contributed by atoms with Crippen molar-refractivity contribution in [3.05, 3.63) is 33.9 Å². The lowest BCUT2D eigenvalue weighted by atomic mass is 10.1. The Hall–Kier alpha value is -2.64. The number of aliphatic carboxylic acids is 1. The minimum Gasteiger partial charge on any atom is -0.487 e. The van der Waals surface area contributed by atoms with E-state index in [4.69, 9.17) is 9.84 Å². The van der Waals surface area contributed by atoms with Crippen LogP contribution in [0.25, 0.3) is 0 Å². The molecule has 108 valence electrons. The fourth-order valence-corrected chi connectivity index (χ4v) is 1.48. The number of carboxylic acid groups (broad SMARTS) is 1. The molecule has 0 aliphatic heterocycles. The van der Waals surface area contributed by atoms with Gasteiger partial charge in [-0.3, -0.25) is 19.7 Å². The highest BCUT2D eigenvalue weighted by Crippen LogP contribution is 2.30. The molecule has 0 aromatic heterocycles. The zero-order valence-electron chi connectivity index (χ0n) is 11.0. The number of nitrogens with one attached hydrogen (secondary N) is 1. The first-order chi connectivity index (χ1) is 9.38. The summed E-state index contributed by atoms with van der Waals surface area (Å²) in [6.07, 6.45) is 0. The first-order valence-corrected chi connectivity index (χ1v) is 5.82. The van der Waals surface area contributed by atoms with Crippen molar-refractivity contribution in [2.75, 3.05) is 6.61 Å². The van der Waals surface area contributed by atoms with Crippen molar-refractivity contribution >= 4 is 17.6 Å². The second-order valence-electron chi connectivity index (χ2n) is 3.88. The van der Waals surface area contributed by atoms with Gasteiger partial charge in [-0.15, -0.1) is 0 Å². The molecule has 0 spiro atoms. The fraction of sp³-hybridized carbons (Fsp3) is 0.333. The van der Waals surface area contributed by atoms with E-state index in [9.17, 15) is 19.7 Å². The molecule has 0 fully saturated rings. The molecule has 1 atom stereocenters. The van der Waals surface area contributed by atoms with Crippen LogP contribution in [0.5, 0.6) is 5.75 Å². The lowest BCUT2D eigenvalue weighted by Crippen LogP contribution is -2.38. The predicted molar refractivity (Wildman–Crippen MR) is 68.8 cm³/mol. The molecular weight excluding hydrogens is 268 g/mol. The molecular formula is C12H14N2O6. The highest BCUT2D eigenvalue weighted by Gasteiger charge is 2.24. The van der Waals surface area contributed by atoms with Gasteiger partial charge in [0.25, 0.3) is 5.91 Å². The standard InChI is InChI=1S/C12H14N2O6/c1-3-20-10-8(5-4-6-9(10)14(18)19)11(15)13-7(2)12(16)17/h4-7H,3H2,1-2H3,(H,13,15)(H,16,17)/t7-/m1/s1. The van der Waals surface area contributed by atoms with E-state index in [0.717, 1.165) is 0 Å². The normalized spacial score (nSPS) is 11.5. The number of rotatable bonds is 6. The highest BCUT2D eigenvalue weighted by atomic mass is 16.6. The van der Waals surface area contributed by atoms with E-state index in [1.165, 1.54) is 25.1 Å². The largest absolute Gasteiger partial charge is 0.487 e. The van der Waals surface area contributed by atoms with Gasteiger partial charge in [0.05, 0.1) is 17.1 Å². The number of nitro groups is 1. The lowest BCUT2D eigenvalue weighted by Gasteiger charge is -2.12. The number of benzene rings is 1. The number of para-hydroxylation sites is 1. The van der Waals surface area contributed by atoms with Crippen LogP contribution in [0.3, 0.4) is 0 Å². The van der Waals surface area contributed by atoms with Gasteiger partial charge in [-0.1, -0.05) is 6.07 Å². The van der Waals surface area contributed by atoms with Crippen molar-refractivity contribution in [2.45, 2.75) is 19.9 Å². The van der Waals surface area contributed by atoms with E-state index in [1.807, 2.05) is 0 Å². The molecule has 2 N–H and O–H groups in total. The van der Waals surface area contributed by atoms with Crippen molar-refractivity contribution in [3.63, 3.8) is 0 Å². The topological polar surface area (TPSA) is 119 Å². The van der Waals surface area contributed by atoms with E-state index in [0.29, 0.717) is 0 Å². The maximum Gasteiger partial charge on any atom is 0.325 e. The molecule has 0 unspecified atom stereocenters. The third-order valence-electron chi connectivity index (χ3n) is 2.44. The van der Waals surface area contributed by atoms with Crippen molar-refractivity contribution in [2.24, 2.45) is 0 Å². The van der Waals surface area contributed by atoms with Crippen molar-refractivity contribution in [1.82, 2.24) is 5.32 Å². The Morgan fingerprint density at radius 1 is 1.50 bits per heavy atom. The van der Waals surface area contributed by atoms with Crippen LogP contribution in [0.1, 0.15) is 24.2 Å². The van der Waals surface area contributed by atoms with Gasteiger partial charge in [0.1, 0.15) is 6.04 Å². The average molecular weight is 282 g/mol. The summed E-state index contributed by atoms with van der Waals surface area (Å²) in [4.78, 5) is 32.9. The molecule has 0 radical (unpaired) electrons. The van der Waals surface area contributed by atoms with Crippen LogP contribution in [-0.2, 0) is 4.79 Å². The second-order valence-corrected chi connectivity index (χ2v) is 3.88. The summed E-state index contributed by atoms with van der Waals surface area (Å²) in [6.45, 7) is 3.05.